The number of rotatable bonds is 11. The summed E-state index contributed by atoms with van der Waals surface area (Å²) < 4.78 is 13.7. The fourth-order valence-electron chi connectivity index (χ4n) is 3.77. The molecule has 1 rings (SSSR count). The summed E-state index contributed by atoms with van der Waals surface area (Å²) in [5.74, 6) is -2.69. The van der Waals surface area contributed by atoms with E-state index in [1.54, 1.807) is 6.92 Å². The molecule has 1 fully saturated rings. The van der Waals surface area contributed by atoms with Crippen LogP contribution in [0, 0.1) is 34.0 Å². The SMILES string of the molecule is C.C.C.C.C.C.CC(C)C(C)(CC(=O)O)CC(=O)O.CC(C)C1(C)CC(=O)OC(=O)C1.COC(=O)CC(C)(CC(=O)OC)C(C)C.[Y]. The van der Waals surface area contributed by atoms with Crippen LogP contribution in [-0.4, -0.2) is 60.2 Å². The zero-order valence-corrected chi connectivity index (χ0v) is 29.5. The molecule has 283 valence electrons. The molecule has 2 N–H and O–H groups in total. The summed E-state index contributed by atoms with van der Waals surface area (Å²) in [4.78, 5) is 65.4. The number of carboxylic acid groups (broad SMARTS) is 2. The van der Waals surface area contributed by atoms with Gasteiger partial charge in [-0.1, -0.05) is 107 Å². The predicted octanol–water partition coefficient (Wildman–Crippen LogP) is 8.70. The molecule has 0 aromatic rings. The van der Waals surface area contributed by atoms with Crippen LogP contribution in [0.1, 0.15) is 145 Å². The van der Waals surface area contributed by atoms with Gasteiger partial charge in [-0.3, -0.25) is 28.8 Å². The Balaban J connectivity index is -0.0000000615. The molecule has 12 heteroatoms. The van der Waals surface area contributed by atoms with Gasteiger partial charge in [0.15, 0.2) is 0 Å². The zero-order chi connectivity index (χ0) is 32.1. The van der Waals surface area contributed by atoms with Gasteiger partial charge >= 0.3 is 35.8 Å². The molecule has 11 nitrogen and oxygen atoms in total. The average Bonchev–Trinajstić information content (AvgIpc) is 2.77. The molecule has 0 aromatic carbocycles. The van der Waals surface area contributed by atoms with Gasteiger partial charge in [-0.15, -0.1) is 0 Å². The van der Waals surface area contributed by atoms with Crippen molar-refractivity contribution in [2.75, 3.05) is 14.2 Å². The van der Waals surface area contributed by atoms with E-state index < -0.39 is 22.8 Å². The third kappa shape index (κ3) is 26.7. The monoisotopic (exact) mass is 759 g/mol. The van der Waals surface area contributed by atoms with Crippen LogP contribution in [0.2, 0.25) is 0 Å². The van der Waals surface area contributed by atoms with Gasteiger partial charge in [0.1, 0.15) is 0 Å². The van der Waals surface area contributed by atoms with E-state index in [0.29, 0.717) is 18.8 Å². The minimum Gasteiger partial charge on any atom is -0.481 e. The second kappa shape index (κ2) is 30.2. The van der Waals surface area contributed by atoms with E-state index in [2.05, 4.69) is 14.2 Å². The molecule has 1 aliphatic rings. The summed E-state index contributed by atoms with van der Waals surface area (Å²) in [7, 11) is 2.70. The van der Waals surface area contributed by atoms with Crippen molar-refractivity contribution in [3.05, 3.63) is 0 Å². The van der Waals surface area contributed by atoms with E-state index in [1.165, 1.54) is 14.2 Å². The first-order chi connectivity index (χ1) is 18.1. The molecule has 0 aliphatic carbocycles. The van der Waals surface area contributed by atoms with Crippen LogP contribution in [-0.2, 0) is 75.7 Å². The number of methoxy groups -OCH3 is 2. The molecule has 0 saturated carbocycles. The quantitative estimate of drug-likeness (QED) is 0.117. The first-order valence-electron chi connectivity index (χ1n) is 13.4. The maximum absolute atomic E-state index is 11.2. The van der Waals surface area contributed by atoms with E-state index in [-0.39, 0.29) is 144 Å². The summed E-state index contributed by atoms with van der Waals surface area (Å²) in [6.45, 7) is 17.2. The molecule has 0 atom stereocenters. The van der Waals surface area contributed by atoms with Crippen molar-refractivity contribution in [2.45, 2.75) is 145 Å². The normalized spacial score (nSPS) is 12.6. The Morgan fingerprint density at radius 2 is 0.936 bits per heavy atom. The number of carbonyl (C=O) groups excluding carboxylic acids is 4. The van der Waals surface area contributed by atoms with Crippen molar-refractivity contribution < 1.29 is 85.9 Å². The minimum absolute atomic E-state index is 0. The van der Waals surface area contributed by atoms with Gasteiger partial charge in [0, 0.05) is 32.7 Å². The first kappa shape index (κ1) is 67.3. The van der Waals surface area contributed by atoms with Crippen LogP contribution < -0.4 is 0 Å². The van der Waals surface area contributed by atoms with Gasteiger partial charge in [0.25, 0.3) is 0 Å². The number of carbonyl (C=O) groups is 6. The Kier molecular flexibility index (Phi) is 43.3. The molecule has 1 radical (unpaired) electrons. The Hall–Kier alpha value is -1.88. The number of esters is 4. The third-order valence-electron chi connectivity index (χ3n) is 8.17. The van der Waals surface area contributed by atoms with Crippen LogP contribution in [0.3, 0.4) is 0 Å². The van der Waals surface area contributed by atoms with Gasteiger partial charge in [0.05, 0.1) is 52.7 Å². The number of carboxylic acids is 2. The molecule has 0 amide bonds. The summed E-state index contributed by atoms with van der Waals surface area (Å²) in [6, 6.07) is 0. The third-order valence-corrected chi connectivity index (χ3v) is 8.17. The van der Waals surface area contributed by atoms with E-state index >= 15 is 0 Å². The van der Waals surface area contributed by atoms with Gasteiger partial charge in [-0.25, -0.2) is 0 Å². The molecule has 1 heterocycles. The maximum Gasteiger partial charge on any atom is 0.314 e. The Labute approximate surface area is 313 Å². The molecular weight excluding hydrogens is 685 g/mol. The van der Waals surface area contributed by atoms with E-state index in [0.717, 1.165) is 0 Å². The predicted molar refractivity (Wildman–Crippen MR) is 187 cm³/mol. The van der Waals surface area contributed by atoms with Crippen LogP contribution in [0.5, 0.6) is 0 Å². The number of ether oxygens (including phenoxy) is 3. The van der Waals surface area contributed by atoms with E-state index in [9.17, 15) is 28.8 Å². The summed E-state index contributed by atoms with van der Waals surface area (Å²) in [5, 5.41) is 17.2. The van der Waals surface area contributed by atoms with Gasteiger partial charge < -0.3 is 24.4 Å². The van der Waals surface area contributed by atoms with Crippen LogP contribution in [0.4, 0.5) is 0 Å². The zero-order valence-electron chi connectivity index (χ0n) is 26.6. The van der Waals surface area contributed by atoms with Crippen molar-refractivity contribution in [3.8, 4) is 0 Å². The molecular formula is C35H74O11Y. The number of hydrogen-bond donors (Lipinski definition) is 2. The molecule has 0 unspecified atom stereocenters. The summed E-state index contributed by atoms with van der Waals surface area (Å²) in [6.07, 6.45) is 0.979. The molecule has 47 heavy (non-hydrogen) atoms. The molecule has 0 spiro atoms. The van der Waals surface area contributed by atoms with Gasteiger partial charge in [-0.05, 0) is 34.0 Å². The number of hydrogen-bond acceptors (Lipinski definition) is 9. The minimum atomic E-state index is -0.947. The van der Waals surface area contributed by atoms with Crippen LogP contribution in [0.25, 0.3) is 0 Å². The van der Waals surface area contributed by atoms with E-state index in [4.69, 9.17) is 10.2 Å². The molecule has 0 aromatic heterocycles. The maximum atomic E-state index is 11.2. The summed E-state index contributed by atoms with van der Waals surface area (Å²) in [5.41, 5.74) is -1.26. The van der Waals surface area contributed by atoms with Gasteiger partial charge in [-0.2, -0.15) is 0 Å². The van der Waals surface area contributed by atoms with Crippen LogP contribution in [0.15, 0.2) is 0 Å². The Morgan fingerprint density at radius 1 is 0.681 bits per heavy atom. The smallest absolute Gasteiger partial charge is 0.314 e. The fourth-order valence-corrected chi connectivity index (χ4v) is 3.77. The van der Waals surface area contributed by atoms with Crippen molar-refractivity contribution in [3.63, 3.8) is 0 Å². The number of aliphatic carboxylic acids is 2. The first-order valence-corrected chi connectivity index (χ1v) is 13.4. The van der Waals surface area contributed by atoms with E-state index in [1.807, 2.05) is 55.4 Å². The second-order valence-electron chi connectivity index (χ2n) is 12.3. The molecule has 0 bridgehead atoms. The number of cyclic esters (lactones) is 2. The molecule has 1 aliphatic heterocycles. The Bertz CT molecular complexity index is 846. The van der Waals surface area contributed by atoms with Crippen molar-refractivity contribution in [1.82, 2.24) is 0 Å². The van der Waals surface area contributed by atoms with Gasteiger partial charge in [0.2, 0.25) is 0 Å². The largest absolute Gasteiger partial charge is 0.481 e. The Morgan fingerprint density at radius 3 is 1.13 bits per heavy atom. The topological polar surface area (TPSA) is 171 Å². The average molecular weight is 760 g/mol. The standard InChI is InChI=1S/C11H20O4.C9H16O4.C9H14O3.6CH4.Y/c1-8(2)11(3,6-9(12)14-4)7-10(13)15-5;1-6(2)9(3,4-7(10)11)5-8(12)13;1-6(2)9(3)4-7(10)12-8(11)5-9;;;;;;;/h8H,6-7H2,1-5H3;6H,4-5H2,1-3H3,(H,10,11)(H,12,13);6H,4-5H2,1-3H3;6*1H4;. The van der Waals surface area contributed by atoms with Crippen molar-refractivity contribution in [2.24, 2.45) is 34.0 Å². The van der Waals surface area contributed by atoms with Crippen molar-refractivity contribution >= 4 is 35.8 Å². The van der Waals surface area contributed by atoms with Crippen molar-refractivity contribution in [1.29, 1.82) is 0 Å². The van der Waals surface area contributed by atoms with Crippen LogP contribution >= 0.6 is 0 Å². The summed E-state index contributed by atoms with van der Waals surface area (Å²) >= 11 is 0. The molecule has 1 saturated heterocycles. The fraction of sp³-hybridized carbons (Fsp3) is 0.829. The second-order valence-corrected chi connectivity index (χ2v) is 12.3.